The summed E-state index contributed by atoms with van der Waals surface area (Å²) in [4.78, 5) is 25.3. The van der Waals surface area contributed by atoms with E-state index in [1.165, 1.54) is 42.5 Å². The van der Waals surface area contributed by atoms with E-state index in [0.29, 0.717) is 59.6 Å². The maximum Gasteiger partial charge on any atom is 0.412 e. The number of anilines is 1. The topological polar surface area (TPSA) is 111 Å². The van der Waals surface area contributed by atoms with Gasteiger partial charge in [0, 0.05) is 23.2 Å². The van der Waals surface area contributed by atoms with E-state index in [9.17, 15) is 33.1 Å². The van der Waals surface area contributed by atoms with Crippen molar-refractivity contribution in [3.8, 4) is 22.9 Å². The van der Waals surface area contributed by atoms with Gasteiger partial charge in [-0.1, -0.05) is 65.7 Å². The third kappa shape index (κ3) is 7.32. The second-order valence-corrected chi connectivity index (χ2v) is 11.7. The van der Waals surface area contributed by atoms with Gasteiger partial charge in [0.2, 0.25) is 0 Å². The van der Waals surface area contributed by atoms with Gasteiger partial charge in [-0.3, -0.25) is 4.79 Å². The number of halogens is 7. The predicted molar refractivity (Wildman–Crippen MR) is 168 cm³/mol. The molecule has 0 saturated heterocycles. The smallest absolute Gasteiger partial charge is 0.412 e. The predicted octanol–water partition coefficient (Wildman–Crippen LogP) is 8.28. The minimum absolute atomic E-state index is 0.193. The van der Waals surface area contributed by atoms with Crippen molar-refractivity contribution in [3.63, 3.8) is 0 Å². The van der Waals surface area contributed by atoms with Crippen LogP contribution < -0.4 is 15.4 Å². The molecule has 0 spiro atoms. The zero-order valence-corrected chi connectivity index (χ0v) is 26.1. The van der Waals surface area contributed by atoms with E-state index in [1.807, 2.05) is 6.07 Å². The van der Waals surface area contributed by atoms with Crippen molar-refractivity contribution in [3.05, 3.63) is 116 Å². The summed E-state index contributed by atoms with van der Waals surface area (Å²) >= 11 is 12.9. The number of nitrogens with zero attached hydrogens (tertiary/aromatic N) is 1. The van der Waals surface area contributed by atoms with Crippen LogP contribution in [0.3, 0.4) is 0 Å². The number of ether oxygens (including phenoxy) is 1. The molecule has 5 rings (SSSR count). The van der Waals surface area contributed by atoms with Gasteiger partial charge in [-0.05, 0) is 53.8 Å². The van der Waals surface area contributed by atoms with Crippen molar-refractivity contribution < 1.29 is 41.4 Å². The van der Waals surface area contributed by atoms with Crippen molar-refractivity contribution in [1.82, 2.24) is 5.32 Å². The largest absolute Gasteiger partial charge is 0.493 e. The molecule has 48 heavy (non-hydrogen) atoms. The van der Waals surface area contributed by atoms with Crippen LogP contribution in [0.5, 0.6) is 5.75 Å². The second-order valence-electron chi connectivity index (χ2n) is 10.9. The van der Waals surface area contributed by atoms with Crippen molar-refractivity contribution in [2.24, 2.45) is 0 Å². The quantitative estimate of drug-likeness (QED) is 0.151. The highest BCUT2D eigenvalue weighted by Gasteiger charge is 2.41. The average Bonchev–Trinajstić information content (AvgIpc) is 3.03. The second kappa shape index (κ2) is 14.1. The fraction of sp³-hybridized carbons (Fsp3) is 0.206. The van der Waals surface area contributed by atoms with Crippen molar-refractivity contribution in [2.75, 3.05) is 11.9 Å². The van der Waals surface area contributed by atoms with Gasteiger partial charge in [0.1, 0.15) is 35.0 Å². The van der Waals surface area contributed by atoms with Crippen LogP contribution in [0.15, 0.2) is 66.7 Å². The molecule has 4 aromatic carbocycles. The lowest BCUT2D eigenvalue weighted by molar-refractivity contribution is -0.144. The number of amides is 1. The van der Waals surface area contributed by atoms with Crippen LogP contribution in [0.25, 0.3) is 11.1 Å². The van der Waals surface area contributed by atoms with Crippen LogP contribution in [0.2, 0.25) is 10.0 Å². The van der Waals surface area contributed by atoms with Gasteiger partial charge >= 0.3 is 12.1 Å². The first kappa shape index (κ1) is 34.5. The molecular weight excluding hydrogens is 680 g/mol. The minimum atomic E-state index is -4.83. The summed E-state index contributed by atoms with van der Waals surface area (Å²) < 4.78 is 77.5. The van der Waals surface area contributed by atoms with Crippen LogP contribution in [0, 0.1) is 23.0 Å². The molecule has 4 aromatic rings. The van der Waals surface area contributed by atoms with E-state index in [2.05, 4.69) is 10.6 Å². The summed E-state index contributed by atoms with van der Waals surface area (Å²) in [6.45, 7) is 0.340. The van der Waals surface area contributed by atoms with Crippen LogP contribution in [0.4, 0.5) is 27.6 Å². The number of fused-ring (bicyclic) bond motifs is 1. The van der Waals surface area contributed by atoms with Crippen LogP contribution >= 0.6 is 23.2 Å². The maximum atomic E-state index is 15.1. The molecular formula is C34H24Cl2F5N3O4. The Morgan fingerprint density at radius 2 is 1.65 bits per heavy atom. The number of alkyl halides is 3. The number of carbonyl (C=O) groups excluding carboxylic acids is 1. The normalized spacial score (nSPS) is 13.8. The molecule has 1 heterocycles. The van der Waals surface area contributed by atoms with Crippen LogP contribution in [-0.2, 0) is 17.6 Å². The van der Waals surface area contributed by atoms with E-state index in [-0.39, 0.29) is 27.6 Å². The van der Waals surface area contributed by atoms with Gasteiger partial charge in [0.15, 0.2) is 0 Å². The number of hydrogen-bond donors (Lipinski definition) is 3. The molecule has 1 aliphatic heterocycles. The molecule has 14 heteroatoms. The number of rotatable bonds is 9. The van der Waals surface area contributed by atoms with Gasteiger partial charge in [-0.2, -0.15) is 18.4 Å². The summed E-state index contributed by atoms with van der Waals surface area (Å²) in [7, 11) is 0. The Morgan fingerprint density at radius 1 is 1.00 bits per heavy atom. The van der Waals surface area contributed by atoms with Gasteiger partial charge in [0.25, 0.3) is 5.91 Å². The molecule has 0 unspecified atom stereocenters. The first-order valence-electron chi connectivity index (χ1n) is 14.4. The third-order valence-electron chi connectivity index (χ3n) is 7.68. The van der Waals surface area contributed by atoms with E-state index < -0.39 is 53.0 Å². The lowest BCUT2D eigenvalue weighted by atomic mass is 9.90. The monoisotopic (exact) mass is 703 g/mol. The Labute approximate surface area is 280 Å². The highest BCUT2D eigenvalue weighted by atomic mass is 35.5. The average molecular weight is 704 g/mol. The number of carboxylic acid groups (broad SMARTS) is 1. The number of hydrogen-bond acceptors (Lipinski definition) is 5. The number of aliphatic carboxylic acids is 1. The number of carboxylic acids is 1. The molecule has 1 amide bonds. The van der Waals surface area contributed by atoms with Crippen molar-refractivity contribution >= 4 is 40.8 Å². The van der Waals surface area contributed by atoms with Gasteiger partial charge < -0.3 is 20.5 Å². The van der Waals surface area contributed by atoms with Gasteiger partial charge in [-0.25, -0.2) is 13.6 Å². The zero-order chi connectivity index (χ0) is 34.7. The molecule has 0 aliphatic carbocycles. The first-order valence-corrected chi connectivity index (χ1v) is 15.1. The molecule has 0 radical (unpaired) electrons. The summed E-state index contributed by atoms with van der Waals surface area (Å²) in [5, 5.41) is 23.7. The maximum absolute atomic E-state index is 15.1. The molecule has 7 nitrogen and oxygen atoms in total. The Balaban J connectivity index is 1.40. The third-order valence-corrected chi connectivity index (χ3v) is 8.28. The SMILES string of the molecule is N#Cc1cc(Cl)c(-c2ccc(C[C@H](NC(=O)c3c(F)cc(N[C@H](c4ccccc4)C(F)(F)F)cc3F)C(=O)O)c3c2OCCC3)c(Cl)c1. The number of benzene rings is 4. The summed E-state index contributed by atoms with van der Waals surface area (Å²) in [5.74, 6) is -5.54. The molecule has 0 aromatic heterocycles. The van der Waals surface area contributed by atoms with E-state index in [1.54, 1.807) is 12.1 Å². The molecule has 3 N–H and O–H groups in total. The van der Waals surface area contributed by atoms with E-state index >= 15 is 8.78 Å². The lowest BCUT2D eigenvalue weighted by Gasteiger charge is -2.25. The summed E-state index contributed by atoms with van der Waals surface area (Å²) in [6.07, 6.45) is -4.10. The van der Waals surface area contributed by atoms with Crippen molar-refractivity contribution in [2.45, 2.75) is 37.5 Å². The standard InChI is InChI=1S/C34H24Cl2F5N3O4/c35-23-11-17(16-42)12-24(36)28(23)22-9-8-19(21-7-4-10-48-30(21)22)13-27(33(46)47)44-32(45)29-25(37)14-20(15-26(29)38)43-31(34(39,40)41)18-5-2-1-3-6-18/h1-3,5-6,8-9,11-12,14-15,27,31,43H,4,7,10,13H2,(H,44,45)(H,46,47)/t27-,31+/m0/s1. The first-order chi connectivity index (χ1) is 22.8. The Bertz CT molecular complexity index is 1890. The van der Waals surface area contributed by atoms with E-state index in [0.717, 1.165) is 0 Å². The molecule has 248 valence electrons. The number of carbonyl (C=O) groups is 2. The Morgan fingerprint density at radius 3 is 2.23 bits per heavy atom. The van der Waals surface area contributed by atoms with Crippen LogP contribution in [0.1, 0.15) is 45.1 Å². The Kier molecular flexibility index (Phi) is 10.1. The fourth-order valence-electron chi connectivity index (χ4n) is 5.50. The highest BCUT2D eigenvalue weighted by Crippen LogP contribution is 2.45. The molecule has 0 fully saturated rings. The molecule has 0 saturated carbocycles. The number of nitrogens with one attached hydrogen (secondary N) is 2. The number of nitriles is 1. The summed E-state index contributed by atoms with van der Waals surface area (Å²) in [6, 6.07) is 11.8. The molecule has 1 aliphatic rings. The fourth-order valence-corrected chi connectivity index (χ4v) is 6.19. The van der Waals surface area contributed by atoms with Gasteiger partial charge in [-0.15, -0.1) is 0 Å². The highest BCUT2D eigenvalue weighted by molar-refractivity contribution is 6.39. The minimum Gasteiger partial charge on any atom is -0.493 e. The molecule has 2 atom stereocenters. The zero-order valence-electron chi connectivity index (χ0n) is 24.6. The van der Waals surface area contributed by atoms with Gasteiger partial charge in [0.05, 0.1) is 28.3 Å². The lowest BCUT2D eigenvalue weighted by Crippen LogP contribution is -2.43. The summed E-state index contributed by atoms with van der Waals surface area (Å²) in [5.41, 5.74) is 0.263. The Hall–Kier alpha value is -4.86. The molecule has 0 bridgehead atoms. The van der Waals surface area contributed by atoms with Crippen molar-refractivity contribution in [1.29, 1.82) is 5.26 Å². The van der Waals surface area contributed by atoms with Crippen LogP contribution in [-0.4, -0.2) is 35.8 Å². The van der Waals surface area contributed by atoms with E-state index in [4.69, 9.17) is 27.9 Å².